The van der Waals surface area contributed by atoms with Crippen LogP contribution in [0, 0.1) is 12.8 Å². The lowest BCUT2D eigenvalue weighted by Crippen LogP contribution is -2.52. The molecule has 0 aliphatic carbocycles. The maximum absolute atomic E-state index is 13.2. The monoisotopic (exact) mass is 425 g/mol. The Morgan fingerprint density at radius 3 is 2.65 bits per heavy atom. The lowest BCUT2D eigenvalue weighted by molar-refractivity contribution is -0.122. The average Bonchev–Trinajstić information content (AvgIpc) is 3.15. The number of carbonyl (C=O) groups is 2. The van der Waals surface area contributed by atoms with Gasteiger partial charge in [0.05, 0.1) is 17.1 Å². The molecule has 31 heavy (non-hydrogen) atoms. The van der Waals surface area contributed by atoms with Crippen LogP contribution >= 0.6 is 0 Å². The van der Waals surface area contributed by atoms with Gasteiger partial charge < -0.3 is 14.8 Å². The maximum Gasteiger partial charge on any atom is 0.290 e. The van der Waals surface area contributed by atoms with Gasteiger partial charge in [0, 0.05) is 37.9 Å². The van der Waals surface area contributed by atoms with Crippen LogP contribution in [-0.2, 0) is 4.79 Å². The molecule has 1 aromatic heterocycles. The van der Waals surface area contributed by atoms with Crippen LogP contribution in [-0.4, -0.2) is 76.3 Å². The SMILES string of the molecule is CCN1CCN(c2cc3nc(C(=O)N4CCC(C)CC4C(C)=O)[nH]c3cc2C)C(C)C1. The van der Waals surface area contributed by atoms with Crippen LogP contribution in [0.15, 0.2) is 12.1 Å². The minimum Gasteiger partial charge on any atom is -0.366 e. The van der Waals surface area contributed by atoms with Gasteiger partial charge in [0.1, 0.15) is 0 Å². The van der Waals surface area contributed by atoms with Crippen molar-refractivity contribution in [3.8, 4) is 0 Å². The van der Waals surface area contributed by atoms with Crippen molar-refractivity contribution in [1.82, 2.24) is 19.8 Å². The zero-order chi connectivity index (χ0) is 22.3. The molecule has 4 rings (SSSR count). The lowest BCUT2D eigenvalue weighted by Gasteiger charge is -2.41. The third-order valence-electron chi connectivity index (χ3n) is 7.07. The Morgan fingerprint density at radius 2 is 1.97 bits per heavy atom. The van der Waals surface area contributed by atoms with E-state index in [-0.39, 0.29) is 17.7 Å². The first kappa shape index (κ1) is 21.8. The Labute approximate surface area is 184 Å². The van der Waals surface area contributed by atoms with Crippen LogP contribution in [0.25, 0.3) is 11.0 Å². The van der Waals surface area contributed by atoms with E-state index in [0.29, 0.717) is 24.3 Å². The number of amides is 1. The third-order valence-corrected chi connectivity index (χ3v) is 7.07. The lowest BCUT2D eigenvalue weighted by atomic mass is 9.90. The fourth-order valence-corrected chi connectivity index (χ4v) is 5.15. The largest absolute Gasteiger partial charge is 0.366 e. The first-order valence-electron chi connectivity index (χ1n) is 11.6. The van der Waals surface area contributed by atoms with E-state index < -0.39 is 0 Å². The topological polar surface area (TPSA) is 72.5 Å². The third kappa shape index (κ3) is 4.20. The fraction of sp³-hybridized carbons (Fsp3) is 0.625. The van der Waals surface area contributed by atoms with Gasteiger partial charge >= 0.3 is 0 Å². The van der Waals surface area contributed by atoms with Crippen molar-refractivity contribution in [1.29, 1.82) is 0 Å². The second-order valence-corrected chi connectivity index (χ2v) is 9.43. The molecule has 2 fully saturated rings. The molecule has 3 heterocycles. The first-order valence-corrected chi connectivity index (χ1v) is 11.6. The Balaban J connectivity index is 1.61. The van der Waals surface area contributed by atoms with Crippen molar-refractivity contribution in [2.75, 3.05) is 37.6 Å². The van der Waals surface area contributed by atoms with Crippen molar-refractivity contribution in [3.05, 3.63) is 23.5 Å². The molecular weight excluding hydrogens is 390 g/mol. The zero-order valence-corrected chi connectivity index (χ0v) is 19.4. The van der Waals surface area contributed by atoms with E-state index in [9.17, 15) is 9.59 Å². The normalized spacial score (nSPS) is 25.3. The predicted octanol–water partition coefficient (Wildman–Crippen LogP) is 3.23. The number of hydrogen-bond acceptors (Lipinski definition) is 5. The summed E-state index contributed by atoms with van der Waals surface area (Å²) in [6.07, 6.45) is 1.65. The summed E-state index contributed by atoms with van der Waals surface area (Å²) in [6, 6.07) is 4.28. The molecule has 0 spiro atoms. The number of anilines is 1. The highest BCUT2D eigenvalue weighted by Gasteiger charge is 2.34. The highest BCUT2D eigenvalue weighted by molar-refractivity contribution is 5.98. The summed E-state index contributed by atoms with van der Waals surface area (Å²) in [5.74, 6) is 0.659. The number of fused-ring (bicyclic) bond motifs is 1. The standard InChI is InChI=1S/C24H35N5O2/c1-6-27-9-10-28(17(4)14-27)21-13-20-19(12-16(21)3)25-23(26-20)24(31)29-8-7-15(2)11-22(29)18(5)30/h12-13,15,17,22H,6-11,14H2,1-5H3,(H,25,26). The number of nitrogens with one attached hydrogen (secondary N) is 1. The smallest absolute Gasteiger partial charge is 0.290 e. The number of ketones is 1. The minimum atomic E-state index is -0.350. The highest BCUT2D eigenvalue weighted by atomic mass is 16.2. The van der Waals surface area contributed by atoms with Gasteiger partial charge in [-0.2, -0.15) is 0 Å². The number of aromatic amines is 1. The molecule has 1 aromatic carbocycles. The molecule has 7 nitrogen and oxygen atoms in total. The number of piperazine rings is 1. The number of likely N-dealkylation sites (N-methyl/N-ethyl adjacent to an activating group) is 1. The van der Waals surface area contributed by atoms with E-state index >= 15 is 0 Å². The number of likely N-dealkylation sites (tertiary alicyclic amines) is 1. The number of benzene rings is 1. The van der Waals surface area contributed by atoms with Crippen molar-refractivity contribution in [2.45, 2.75) is 59.5 Å². The van der Waals surface area contributed by atoms with Crippen molar-refractivity contribution >= 4 is 28.4 Å². The van der Waals surface area contributed by atoms with Gasteiger partial charge in [-0.15, -0.1) is 0 Å². The van der Waals surface area contributed by atoms with Gasteiger partial charge in [0.15, 0.2) is 11.6 Å². The fourth-order valence-electron chi connectivity index (χ4n) is 5.15. The minimum absolute atomic E-state index is 0.0503. The van der Waals surface area contributed by atoms with Crippen LogP contribution in [0.1, 0.15) is 56.7 Å². The number of nitrogens with zero attached hydrogens (tertiary/aromatic N) is 4. The first-order chi connectivity index (χ1) is 14.8. The highest BCUT2D eigenvalue weighted by Crippen LogP contribution is 2.30. The van der Waals surface area contributed by atoms with E-state index in [2.05, 4.69) is 59.6 Å². The molecule has 0 saturated carbocycles. The van der Waals surface area contributed by atoms with Crippen LogP contribution in [0.2, 0.25) is 0 Å². The number of H-pyrrole nitrogens is 1. The summed E-state index contributed by atoms with van der Waals surface area (Å²) in [5.41, 5.74) is 4.04. The molecule has 0 bridgehead atoms. The van der Waals surface area contributed by atoms with Gasteiger partial charge in [-0.3, -0.25) is 14.5 Å². The quantitative estimate of drug-likeness (QED) is 0.814. The maximum atomic E-state index is 13.2. The second kappa shape index (κ2) is 8.61. The van der Waals surface area contributed by atoms with Gasteiger partial charge in [-0.1, -0.05) is 13.8 Å². The number of aromatic nitrogens is 2. The number of Topliss-reactive ketones (excluding diaryl/α,β-unsaturated/α-hetero) is 1. The summed E-state index contributed by atoms with van der Waals surface area (Å²) < 4.78 is 0. The summed E-state index contributed by atoms with van der Waals surface area (Å²) >= 11 is 0. The molecule has 1 amide bonds. The molecule has 3 unspecified atom stereocenters. The number of carbonyl (C=O) groups excluding carboxylic acids is 2. The van der Waals surface area contributed by atoms with E-state index in [4.69, 9.17) is 0 Å². The van der Waals surface area contributed by atoms with Crippen LogP contribution in [0.4, 0.5) is 5.69 Å². The number of imidazole rings is 1. The predicted molar refractivity (Wildman–Crippen MR) is 124 cm³/mol. The Hall–Kier alpha value is -2.41. The molecular formula is C24H35N5O2. The van der Waals surface area contributed by atoms with Crippen molar-refractivity contribution in [2.24, 2.45) is 5.92 Å². The van der Waals surface area contributed by atoms with Crippen LogP contribution in [0.5, 0.6) is 0 Å². The van der Waals surface area contributed by atoms with Crippen LogP contribution in [0.3, 0.4) is 0 Å². The van der Waals surface area contributed by atoms with Crippen molar-refractivity contribution < 1.29 is 9.59 Å². The number of rotatable bonds is 4. The van der Waals surface area contributed by atoms with E-state index in [0.717, 1.165) is 50.1 Å². The molecule has 2 aromatic rings. The molecule has 2 saturated heterocycles. The Morgan fingerprint density at radius 1 is 1.19 bits per heavy atom. The van der Waals surface area contributed by atoms with E-state index in [1.165, 1.54) is 11.3 Å². The molecule has 0 radical (unpaired) electrons. The number of piperidine rings is 1. The Bertz CT molecular complexity index is 984. The summed E-state index contributed by atoms with van der Waals surface area (Å²) in [4.78, 5) is 39.9. The summed E-state index contributed by atoms with van der Waals surface area (Å²) in [6.45, 7) is 15.1. The van der Waals surface area contributed by atoms with E-state index in [1.54, 1.807) is 11.8 Å². The van der Waals surface area contributed by atoms with Gasteiger partial charge in [-0.25, -0.2) is 4.98 Å². The van der Waals surface area contributed by atoms with Gasteiger partial charge in [0.25, 0.3) is 5.91 Å². The van der Waals surface area contributed by atoms with Crippen LogP contribution < -0.4 is 4.90 Å². The molecule has 1 N–H and O–H groups in total. The molecule has 168 valence electrons. The summed E-state index contributed by atoms with van der Waals surface area (Å²) in [7, 11) is 0. The van der Waals surface area contributed by atoms with E-state index in [1.807, 2.05) is 0 Å². The Kier molecular flexibility index (Phi) is 6.06. The number of hydrogen-bond donors (Lipinski definition) is 1. The summed E-state index contributed by atoms with van der Waals surface area (Å²) in [5, 5.41) is 0. The molecule has 7 heteroatoms. The second-order valence-electron chi connectivity index (χ2n) is 9.43. The molecule has 3 atom stereocenters. The molecule has 2 aliphatic heterocycles. The average molecular weight is 426 g/mol. The van der Waals surface area contributed by atoms with Crippen molar-refractivity contribution in [3.63, 3.8) is 0 Å². The van der Waals surface area contributed by atoms with Gasteiger partial charge in [0.2, 0.25) is 0 Å². The number of aryl methyl sites for hydroxylation is 1. The van der Waals surface area contributed by atoms with Gasteiger partial charge in [-0.05, 0) is 63.8 Å². The molecule has 2 aliphatic rings. The zero-order valence-electron chi connectivity index (χ0n) is 19.4.